The van der Waals surface area contributed by atoms with Crippen LogP contribution in [0.3, 0.4) is 0 Å². The highest BCUT2D eigenvalue weighted by Gasteiger charge is 2.17. The number of ether oxygens (including phenoxy) is 1. The molecule has 0 amide bonds. The van der Waals surface area contributed by atoms with Gasteiger partial charge in [0.25, 0.3) is 0 Å². The third-order valence-electron chi connectivity index (χ3n) is 6.24. The Hall–Kier alpha value is -3.69. The lowest BCUT2D eigenvalue weighted by Gasteiger charge is -2.13. The van der Waals surface area contributed by atoms with Gasteiger partial charge in [0.2, 0.25) is 0 Å². The van der Waals surface area contributed by atoms with Crippen LogP contribution in [0.5, 0.6) is 5.75 Å². The van der Waals surface area contributed by atoms with Crippen LogP contribution in [0, 0.1) is 5.82 Å². The number of hydrogen-bond donors (Lipinski definition) is 1. The topological polar surface area (TPSA) is 84.4 Å². The molecule has 0 radical (unpaired) electrons. The van der Waals surface area contributed by atoms with Crippen LogP contribution < -0.4 is 10.1 Å². The molecule has 10 heteroatoms. The molecule has 38 heavy (non-hydrogen) atoms. The Labute approximate surface area is 225 Å². The maximum Gasteiger partial charge on any atom is 0.149 e. The van der Waals surface area contributed by atoms with Crippen molar-refractivity contribution in [3.8, 4) is 5.75 Å². The van der Waals surface area contributed by atoms with E-state index in [1.807, 2.05) is 35.4 Å². The average Bonchev–Trinajstić information content (AvgIpc) is 3.36. The molecule has 1 aromatic heterocycles. The second-order valence-corrected chi connectivity index (χ2v) is 11.9. The summed E-state index contributed by atoms with van der Waals surface area (Å²) in [6.45, 7) is 1.46. The van der Waals surface area contributed by atoms with Gasteiger partial charge in [0.15, 0.2) is 0 Å². The predicted molar refractivity (Wildman–Crippen MR) is 149 cm³/mol. The van der Waals surface area contributed by atoms with Gasteiger partial charge >= 0.3 is 0 Å². The second-order valence-electron chi connectivity index (χ2n) is 9.21. The predicted octanol–water partition coefficient (Wildman–Crippen LogP) is 5.84. The molecule has 0 saturated carbocycles. The first-order valence-corrected chi connectivity index (χ1v) is 14.5. The summed E-state index contributed by atoms with van der Waals surface area (Å²) in [6.07, 6.45) is 5.63. The maximum absolute atomic E-state index is 13.4. The maximum atomic E-state index is 13.4. The van der Waals surface area contributed by atoms with Crippen LogP contribution >= 0.6 is 11.6 Å². The summed E-state index contributed by atoms with van der Waals surface area (Å²) in [5.41, 5.74) is 4.40. The fraction of sp³-hybridized carbons (Fsp3) is 0.214. The highest BCUT2D eigenvalue weighted by molar-refractivity contribution is 7.90. The summed E-state index contributed by atoms with van der Waals surface area (Å²) >= 11 is 6.47. The van der Waals surface area contributed by atoms with Gasteiger partial charge in [-0.15, -0.1) is 0 Å². The summed E-state index contributed by atoms with van der Waals surface area (Å²) < 4.78 is 42.2. The van der Waals surface area contributed by atoms with Crippen molar-refractivity contribution in [3.63, 3.8) is 0 Å². The molecule has 0 bridgehead atoms. The van der Waals surface area contributed by atoms with Crippen LogP contribution in [0.4, 0.5) is 15.9 Å². The van der Waals surface area contributed by atoms with E-state index in [0.717, 1.165) is 40.7 Å². The molecule has 1 aliphatic heterocycles. The summed E-state index contributed by atoms with van der Waals surface area (Å²) in [4.78, 5) is 10.9. The van der Waals surface area contributed by atoms with E-state index in [1.165, 1.54) is 24.7 Å². The normalized spacial score (nSPS) is 13.6. The summed E-state index contributed by atoms with van der Waals surface area (Å²) in [5.74, 6) is 0.942. The third kappa shape index (κ3) is 6.41. The molecular weight excluding hydrogens is 527 g/mol. The molecule has 0 saturated heterocycles. The molecule has 1 N–H and O–H groups in total. The number of nitrogens with zero attached hydrogens (tertiary/aromatic N) is 3. The first-order chi connectivity index (χ1) is 18.2. The van der Waals surface area contributed by atoms with Gasteiger partial charge in [0.1, 0.15) is 40.2 Å². The quantitative estimate of drug-likeness (QED) is 0.279. The number of hydrogen-bond acceptors (Lipinski definition) is 7. The Morgan fingerprint density at radius 2 is 1.97 bits per heavy atom. The van der Waals surface area contributed by atoms with Crippen LogP contribution in [0.1, 0.15) is 17.5 Å². The fourth-order valence-electron chi connectivity index (χ4n) is 4.27. The molecule has 3 aromatic carbocycles. The minimum absolute atomic E-state index is 0.133. The van der Waals surface area contributed by atoms with Gasteiger partial charge in [-0.3, -0.25) is 0 Å². The Morgan fingerprint density at radius 1 is 1.11 bits per heavy atom. The lowest BCUT2D eigenvalue weighted by Crippen LogP contribution is -2.22. The van der Waals surface area contributed by atoms with Crippen molar-refractivity contribution in [2.75, 3.05) is 30.4 Å². The van der Waals surface area contributed by atoms with Gasteiger partial charge in [-0.25, -0.2) is 22.8 Å². The number of rotatable bonds is 9. The fourth-order valence-corrected chi connectivity index (χ4v) is 5.07. The van der Waals surface area contributed by atoms with E-state index in [4.69, 9.17) is 16.3 Å². The zero-order chi connectivity index (χ0) is 26.7. The number of sulfone groups is 1. The number of anilines is 2. The van der Waals surface area contributed by atoms with E-state index in [0.29, 0.717) is 28.7 Å². The molecule has 4 aromatic rings. The van der Waals surface area contributed by atoms with Crippen molar-refractivity contribution in [3.05, 3.63) is 95.2 Å². The molecular formula is C28H26ClFN4O3S. The van der Waals surface area contributed by atoms with E-state index < -0.39 is 9.84 Å². The van der Waals surface area contributed by atoms with Crippen molar-refractivity contribution in [1.29, 1.82) is 0 Å². The highest BCUT2D eigenvalue weighted by atomic mass is 35.5. The highest BCUT2D eigenvalue weighted by Crippen LogP contribution is 2.33. The van der Waals surface area contributed by atoms with Crippen molar-refractivity contribution in [2.24, 2.45) is 0 Å². The van der Waals surface area contributed by atoms with E-state index in [9.17, 15) is 12.8 Å². The summed E-state index contributed by atoms with van der Waals surface area (Å²) in [5, 5.41) is 4.59. The Morgan fingerprint density at radius 3 is 2.76 bits per heavy atom. The smallest absolute Gasteiger partial charge is 0.149 e. The van der Waals surface area contributed by atoms with Gasteiger partial charge in [-0.2, -0.15) is 0 Å². The first-order valence-electron chi connectivity index (χ1n) is 12.0. The van der Waals surface area contributed by atoms with Crippen molar-refractivity contribution in [1.82, 2.24) is 14.9 Å². The molecule has 0 atom stereocenters. The summed E-state index contributed by atoms with van der Waals surface area (Å²) in [7, 11) is -3.01. The van der Waals surface area contributed by atoms with Gasteiger partial charge in [0, 0.05) is 36.6 Å². The standard InChI is InChI=1S/C28H26ClFN4O3S/c1-38(35,36)12-11-34-10-9-21(16-34)20-5-7-26-24(14-20)28(32-18-31-26)33-23-6-8-27(25(29)15-23)37-17-19-3-2-4-22(30)13-19/h2-8,13-16,18H,9-12,17H2,1H3,(H,31,32,33). The molecule has 0 spiro atoms. The Balaban J connectivity index is 1.33. The molecule has 7 nitrogen and oxygen atoms in total. The van der Waals surface area contributed by atoms with Crippen LogP contribution in [0.15, 0.2) is 73.2 Å². The molecule has 196 valence electrons. The summed E-state index contributed by atoms with van der Waals surface area (Å²) in [6, 6.07) is 17.6. The van der Waals surface area contributed by atoms with Gasteiger partial charge in [-0.1, -0.05) is 29.8 Å². The van der Waals surface area contributed by atoms with Crippen molar-refractivity contribution < 1.29 is 17.5 Å². The minimum Gasteiger partial charge on any atom is -0.487 e. The monoisotopic (exact) mass is 552 g/mol. The molecule has 1 aliphatic rings. The number of fused-ring (bicyclic) bond motifs is 1. The van der Waals surface area contributed by atoms with Crippen molar-refractivity contribution in [2.45, 2.75) is 13.0 Å². The van der Waals surface area contributed by atoms with Crippen LogP contribution in [0.2, 0.25) is 5.02 Å². The number of aromatic nitrogens is 2. The van der Waals surface area contributed by atoms with E-state index in [-0.39, 0.29) is 18.2 Å². The number of nitrogens with one attached hydrogen (secondary N) is 1. The Kier molecular flexibility index (Phi) is 7.49. The zero-order valence-corrected chi connectivity index (χ0v) is 22.3. The number of halogens is 2. The molecule has 0 aliphatic carbocycles. The lowest BCUT2D eigenvalue weighted by atomic mass is 10.0. The molecule has 2 heterocycles. The number of benzene rings is 3. The average molecular weight is 553 g/mol. The largest absolute Gasteiger partial charge is 0.487 e. The lowest BCUT2D eigenvalue weighted by molar-refractivity contribution is 0.306. The molecule has 0 fully saturated rings. The van der Waals surface area contributed by atoms with Crippen LogP contribution in [0.25, 0.3) is 16.5 Å². The Bertz CT molecular complexity index is 1630. The minimum atomic E-state index is -3.01. The van der Waals surface area contributed by atoms with Gasteiger partial charge < -0.3 is 15.0 Å². The first kappa shape index (κ1) is 25.9. The van der Waals surface area contributed by atoms with Gasteiger partial charge in [0.05, 0.1) is 16.3 Å². The van der Waals surface area contributed by atoms with E-state index >= 15 is 0 Å². The van der Waals surface area contributed by atoms with E-state index in [2.05, 4.69) is 15.3 Å². The van der Waals surface area contributed by atoms with Crippen LogP contribution in [-0.2, 0) is 16.4 Å². The molecule has 5 rings (SSSR count). The zero-order valence-electron chi connectivity index (χ0n) is 20.7. The van der Waals surface area contributed by atoms with Crippen LogP contribution in [-0.4, -0.2) is 48.4 Å². The SMILES string of the molecule is CS(=O)(=O)CCN1C=C(c2ccc3ncnc(Nc4ccc(OCc5cccc(F)c5)c(Cl)c4)c3c2)CC1. The molecule has 0 unspecified atom stereocenters. The van der Waals surface area contributed by atoms with Gasteiger partial charge in [-0.05, 0) is 65.6 Å². The second kappa shape index (κ2) is 11.0. The third-order valence-corrected chi connectivity index (χ3v) is 7.46. The van der Waals surface area contributed by atoms with E-state index in [1.54, 1.807) is 24.3 Å². The van der Waals surface area contributed by atoms with Crippen molar-refractivity contribution >= 4 is 49.4 Å².